The summed E-state index contributed by atoms with van der Waals surface area (Å²) in [5.74, 6) is 9.45. The number of carbonyl (C=O) groups is 1. The van der Waals surface area contributed by atoms with Gasteiger partial charge in [-0.3, -0.25) is 15.1 Å². The lowest BCUT2D eigenvalue weighted by Crippen LogP contribution is -2.50. The van der Waals surface area contributed by atoms with Crippen molar-refractivity contribution in [3.05, 3.63) is 36.0 Å². The first-order chi connectivity index (χ1) is 12.8. The Labute approximate surface area is 150 Å². The summed E-state index contributed by atoms with van der Waals surface area (Å²) in [6, 6.07) is 1.62. The van der Waals surface area contributed by atoms with Crippen molar-refractivity contribution in [3.63, 3.8) is 0 Å². The molecule has 0 saturated heterocycles. The minimum atomic E-state index is -4.71. The first-order valence-corrected chi connectivity index (χ1v) is 7.31. The Morgan fingerprint density at radius 1 is 1.44 bits per heavy atom. The molecule has 0 radical (unpaired) electrons. The molecule has 1 amide bonds. The topological polar surface area (TPSA) is 150 Å². The molecule has 2 rings (SSSR count). The average Bonchev–Trinajstić information content (AvgIpc) is 3.17. The molecule has 0 saturated carbocycles. The van der Waals surface area contributed by atoms with E-state index in [0.717, 1.165) is 28.4 Å². The summed E-state index contributed by atoms with van der Waals surface area (Å²) in [7, 11) is 1.45. The zero-order chi connectivity index (χ0) is 20.0. The Bertz CT molecular complexity index is 808. The molecule has 2 aromatic heterocycles. The van der Waals surface area contributed by atoms with Crippen LogP contribution in [0, 0.1) is 0 Å². The van der Waals surface area contributed by atoms with E-state index in [-0.39, 0.29) is 30.5 Å². The van der Waals surface area contributed by atoms with Crippen molar-refractivity contribution in [2.75, 3.05) is 20.3 Å². The molecule has 5 N–H and O–H groups in total. The number of nitrogens with one attached hydrogen (secondary N) is 1. The number of pyridine rings is 1. The molecule has 11 nitrogen and oxygen atoms in total. The van der Waals surface area contributed by atoms with Crippen LogP contribution >= 0.6 is 0 Å². The van der Waals surface area contributed by atoms with Crippen LogP contribution in [0.1, 0.15) is 16.1 Å². The number of guanidine groups is 1. The van der Waals surface area contributed by atoms with E-state index in [4.69, 9.17) is 16.4 Å². The van der Waals surface area contributed by atoms with Crippen LogP contribution in [0.4, 0.5) is 13.2 Å². The Morgan fingerprint density at radius 2 is 2.19 bits per heavy atom. The number of ether oxygens (including phenoxy) is 1. The molecule has 14 heteroatoms. The summed E-state index contributed by atoms with van der Waals surface area (Å²) in [5, 5.41) is 10.4. The summed E-state index contributed by atoms with van der Waals surface area (Å²) in [4.78, 5) is 19.6. The van der Waals surface area contributed by atoms with E-state index in [1.54, 1.807) is 0 Å². The minimum absolute atomic E-state index is 0.147. The van der Waals surface area contributed by atoms with Crippen LogP contribution in [-0.2, 0) is 10.9 Å². The SMILES string of the molecule is COCCN(N)/C(=N\N)NC(=O)c1ccc(C(F)(F)F)nc1-n1cncn1. The molecule has 2 aromatic rings. The maximum Gasteiger partial charge on any atom is 0.433 e. The average molecular weight is 387 g/mol. The number of nitrogens with two attached hydrogens (primary N) is 2. The molecule has 0 aromatic carbocycles. The van der Waals surface area contributed by atoms with Gasteiger partial charge in [-0.15, -0.1) is 5.10 Å². The van der Waals surface area contributed by atoms with Crippen LogP contribution in [0.3, 0.4) is 0 Å². The van der Waals surface area contributed by atoms with Gasteiger partial charge in [0.2, 0.25) is 5.96 Å². The van der Waals surface area contributed by atoms with E-state index in [0.29, 0.717) is 6.07 Å². The Hall–Kier alpha value is -3.26. The van der Waals surface area contributed by atoms with Crippen LogP contribution in [-0.4, -0.2) is 56.9 Å². The van der Waals surface area contributed by atoms with Crippen molar-refractivity contribution < 1.29 is 22.7 Å². The number of aromatic nitrogens is 4. The summed E-state index contributed by atoms with van der Waals surface area (Å²) >= 11 is 0. The normalized spacial score (nSPS) is 12.1. The quantitative estimate of drug-likeness (QED) is 0.268. The van der Waals surface area contributed by atoms with Gasteiger partial charge >= 0.3 is 6.18 Å². The molecular weight excluding hydrogens is 371 g/mol. The fourth-order valence-corrected chi connectivity index (χ4v) is 1.92. The monoisotopic (exact) mass is 387 g/mol. The van der Waals surface area contributed by atoms with Crippen molar-refractivity contribution in [1.29, 1.82) is 0 Å². The molecule has 0 aliphatic carbocycles. The van der Waals surface area contributed by atoms with E-state index in [1.165, 1.54) is 7.11 Å². The van der Waals surface area contributed by atoms with Crippen molar-refractivity contribution in [2.45, 2.75) is 6.18 Å². The molecule has 0 atom stereocenters. The number of rotatable bonds is 5. The number of hydrogen-bond donors (Lipinski definition) is 3. The van der Waals surface area contributed by atoms with Gasteiger partial charge in [-0.2, -0.15) is 18.3 Å². The Kier molecular flexibility index (Phi) is 6.25. The summed E-state index contributed by atoms with van der Waals surface area (Å²) in [6.45, 7) is 0.367. The molecule has 0 bridgehead atoms. The maximum atomic E-state index is 13.0. The van der Waals surface area contributed by atoms with Gasteiger partial charge < -0.3 is 10.6 Å². The van der Waals surface area contributed by atoms with E-state index in [9.17, 15) is 18.0 Å². The molecule has 0 aliphatic heterocycles. The number of hydrazine groups is 1. The van der Waals surface area contributed by atoms with E-state index < -0.39 is 17.8 Å². The van der Waals surface area contributed by atoms with Crippen LogP contribution < -0.4 is 17.0 Å². The number of carbonyl (C=O) groups excluding carboxylic acids is 1. The molecule has 27 heavy (non-hydrogen) atoms. The van der Waals surface area contributed by atoms with Gasteiger partial charge in [-0.25, -0.2) is 20.5 Å². The smallest absolute Gasteiger partial charge is 0.383 e. The zero-order valence-electron chi connectivity index (χ0n) is 14.0. The van der Waals surface area contributed by atoms with Gasteiger partial charge in [0.15, 0.2) is 5.82 Å². The fraction of sp³-hybridized carbons (Fsp3) is 0.308. The number of halogens is 3. The highest BCUT2D eigenvalue weighted by Gasteiger charge is 2.34. The van der Waals surface area contributed by atoms with E-state index in [1.807, 2.05) is 0 Å². The number of alkyl halides is 3. The van der Waals surface area contributed by atoms with Gasteiger partial charge in [-0.1, -0.05) is 0 Å². The lowest BCUT2D eigenvalue weighted by Gasteiger charge is -2.20. The highest BCUT2D eigenvalue weighted by Crippen LogP contribution is 2.29. The third-order valence-corrected chi connectivity index (χ3v) is 3.20. The highest BCUT2D eigenvalue weighted by molar-refractivity contribution is 6.07. The summed E-state index contributed by atoms with van der Waals surface area (Å²) in [5.41, 5.74) is -1.42. The molecule has 0 unspecified atom stereocenters. The van der Waals surface area contributed by atoms with Gasteiger partial charge in [0.1, 0.15) is 18.3 Å². The maximum absolute atomic E-state index is 13.0. The predicted octanol–water partition coefficient (Wildman–Crippen LogP) is -0.537. The first kappa shape index (κ1) is 20.1. The number of methoxy groups -OCH3 is 1. The van der Waals surface area contributed by atoms with Crippen molar-refractivity contribution in [1.82, 2.24) is 30.1 Å². The Balaban J connectivity index is 2.35. The van der Waals surface area contributed by atoms with Crippen molar-refractivity contribution >= 4 is 11.9 Å². The van der Waals surface area contributed by atoms with Crippen molar-refractivity contribution in [3.8, 4) is 5.82 Å². The second kappa shape index (κ2) is 8.41. The molecule has 146 valence electrons. The summed E-state index contributed by atoms with van der Waals surface area (Å²) in [6.07, 6.45) is -2.52. The van der Waals surface area contributed by atoms with E-state index >= 15 is 0 Å². The Morgan fingerprint density at radius 3 is 2.74 bits per heavy atom. The molecule has 2 heterocycles. The summed E-state index contributed by atoms with van der Waals surface area (Å²) < 4.78 is 44.6. The number of nitrogens with zero attached hydrogens (tertiary/aromatic N) is 6. The van der Waals surface area contributed by atoms with E-state index in [2.05, 4.69) is 25.5 Å². The van der Waals surface area contributed by atoms with Crippen LogP contribution in [0.15, 0.2) is 29.9 Å². The number of hydrogen-bond acceptors (Lipinski definition) is 8. The highest BCUT2D eigenvalue weighted by atomic mass is 19.4. The second-order valence-corrected chi connectivity index (χ2v) is 5.00. The fourth-order valence-electron chi connectivity index (χ4n) is 1.92. The van der Waals surface area contributed by atoms with Crippen LogP contribution in [0.2, 0.25) is 0 Å². The van der Waals surface area contributed by atoms with Gasteiger partial charge in [0, 0.05) is 7.11 Å². The number of hydrazone groups is 1. The van der Waals surface area contributed by atoms with Gasteiger partial charge in [0.05, 0.1) is 18.7 Å². The lowest BCUT2D eigenvalue weighted by molar-refractivity contribution is -0.141. The second-order valence-electron chi connectivity index (χ2n) is 5.00. The minimum Gasteiger partial charge on any atom is -0.383 e. The van der Waals surface area contributed by atoms with Gasteiger partial charge in [0.25, 0.3) is 5.91 Å². The lowest BCUT2D eigenvalue weighted by atomic mass is 10.2. The molecule has 0 aliphatic rings. The molecular formula is C13H16F3N9O2. The van der Waals surface area contributed by atoms with Crippen LogP contribution in [0.5, 0.6) is 0 Å². The first-order valence-electron chi connectivity index (χ1n) is 7.31. The molecule has 0 spiro atoms. The number of amides is 1. The largest absolute Gasteiger partial charge is 0.433 e. The predicted molar refractivity (Wildman–Crippen MR) is 86.0 cm³/mol. The van der Waals surface area contributed by atoms with Gasteiger partial charge in [-0.05, 0) is 12.1 Å². The van der Waals surface area contributed by atoms with Crippen LogP contribution in [0.25, 0.3) is 5.82 Å². The van der Waals surface area contributed by atoms with Crippen molar-refractivity contribution in [2.24, 2.45) is 16.8 Å². The zero-order valence-corrected chi connectivity index (χ0v) is 14.0. The third-order valence-electron chi connectivity index (χ3n) is 3.20. The standard InChI is InChI=1S/C13H16F3N9O2/c1-27-5-4-24(18)12(23-17)22-11(26)8-2-3-9(13(14,15)16)21-10(8)25-7-19-6-20-25/h2-3,6-7H,4-5,17-18H2,1H3,(H,22,23,26). The third kappa shape index (κ3) is 4.89. The molecule has 0 fully saturated rings.